The number of anilines is 1. The molecule has 0 unspecified atom stereocenters. The topological polar surface area (TPSA) is 12.0 Å². The second-order valence-electron chi connectivity index (χ2n) is 6.03. The van der Waals surface area contributed by atoms with Crippen LogP contribution in [0.3, 0.4) is 0 Å². The van der Waals surface area contributed by atoms with Crippen LogP contribution in [0.25, 0.3) is 15.8 Å². The Morgan fingerprint density at radius 1 is 1.08 bits per heavy atom. The highest BCUT2D eigenvalue weighted by Crippen LogP contribution is 2.23. The largest absolute Gasteiger partial charge is 0.519 e. The van der Waals surface area contributed by atoms with Crippen molar-refractivity contribution in [1.82, 2.24) is 0 Å². The Labute approximate surface area is 150 Å². The number of hydrogen-bond donors (Lipinski definition) is 0. The van der Waals surface area contributed by atoms with E-state index in [-0.39, 0.29) is 5.82 Å². The Balaban J connectivity index is 2.28. The quantitative estimate of drug-likeness (QED) is 0.573. The van der Waals surface area contributed by atoms with E-state index in [9.17, 15) is 0 Å². The molecule has 3 heteroatoms. The first-order valence-corrected chi connectivity index (χ1v) is 8.54. The standard InChI is InChI=1S/C22H23N3/c1-5-6-14-25(17-19-10-8-7-9-11-19)21-13-12-20(18(2)15-21)16-22(23-3)24-4/h7-13,15-16H,5-6,14,17H2,1-2H3. The molecule has 126 valence electrons. The van der Waals surface area contributed by atoms with Gasteiger partial charge in [0, 0.05) is 24.9 Å². The van der Waals surface area contributed by atoms with E-state index in [1.54, 1.807) is 6.08 Å². The minimum atomic E-state index is 0.1000. The zero-order chi connectivity index (χ0) is 18.1. The fourth-order valence-electron chi connectivity index (χ4n) is 2.70. The highest BCUT2D eigenvalue weighted by Gasteiger charge is 2.10. The molecule has 0 fully saturated rings. The summed E-state index contributed by atoms with van der Waals surface area (Å²) in [5.41, 5.74) is 4.49. The SMILES string of the molecule is [C-]#[N+]C(=Cc1ccc(N(CCCC)Cc2ccccc2)cc1C)[N+]#[C-]. The fraction of sp³-hybridized carbons (Fsp3) is 0.273. The van der Waals surface area contributed by atoms with E-state index >= 15 is 0 Å². The van der Waals surface area contributed by atoms with Gasteiger partial charge in [-0.25, -0.2) is 0 Å². The summed E-state index contributed by atoms with van der Waals surface area (Å²) < 4.78 is 0. The van der Waals surface area contributed by atoms with Crippen molar-refractivity contribution in [3.63, 3.8) is 0 Å². The first-order valence-electron chi connectivity index (χ1n) is 8.54. The molecule has 2 aromatic carbocycles. The van der Waals surface area contributed by atoms with E-state index < -0.39 is 0 Å². The summed E-state index contributed by atoms with van der Waals surface area (Å²) in [5, 5.41) is 0. The lowest BCUT2D eigenvalue weighted by Crippen LogP contribution is -2.23. The summed E-state index contributed by atoms with van der Waals surface area (Å²) in [7, 11) is 0. The summed E-state index contributed by atoms with van der Waals surface area (Å²) in [5.74, 6) is 0.1000. The molecule has 2 rings (SSSR count). The molecule has 0 amide bonds. The van der Waals surface area contributed by atoms with Crippen LogP contribution < -0.4 is 4.90 Å². The van der Waals surface area contributed by atoms with E-state index in [1.807, 2.05) is 19.1 Å². The highest BCUT2D eigenvalue weighted by molar-refractivity contribution is 5.63. The van der Waals surface area contributed by atoms with Crippen LogP contribution >= 0.6 is 0 Å². The maximum absolute atomic E-state index is 7.03. The van der Waals surface area contributed by atoms with Gasteiger partial charge >= 0.3 is 5.82 Å². The summed E-state index contributed by atoms with van der Waals surface area (Å²) >= 11 is 0. The Bertz CT molecular complexity index is 791. The number of rotatable bonds is 7. The zero-order valence-corrected chi connectivity index (χ0v) is 14.9. The molecule has 0 heterocycles. The van der Waals surface area contributed by atoms with Crippen LogP contribution in [0.4, 0.5) is 5.69 Å². The number of aryl methyl sites for hydroxylation is 1. The van der Waals surface area contributed by atoms with Gasteiger partial charge in [-0.15, -0.1) is 0 Å². The van der Waals surface area contributed by atoms with Crippen LogP contribution in [0, 0.1) is 20.1 Å². The van der Waals surface area contributed by atoms with Crippen molar-refractivity contribution in [2.75, 3.05) is 11.4 Å². The molecule has 0 saturated heterocycles. The van der Waals surface area contributed by atoms with Gasteiger partial charge in [0.25, 0.3) is 0 Å². The molecule has 3 nitrogen and oxygen atoms in total. The molecule has 0 radical (unpaired) electrons. The minimum absolute atomic E-state index is 0.1000. The number of unbranched alkanes of at least 4 members (excludes halogenated alkanes) is 1. The fourth-order valence-corrected chi connectivity index (χ4v) is 2.70. The van der Waals surface area contributed by atoms with E-state index in [0.29, 0.717) is 0 Å². The number of nitrogens with zero attached hydrogens (tertiary/aromatic N) is 3. The van der Waals surface area contributed by atoms with Crippen molar-refractivity contribution >= 4 is 11.8 Å². The lowest BCUT2D eigenvalue weighted by Gasteiger charge is -2.25. The number of benzene rings is 2. The van der Waals surface area contributed by atoms with Gasteiger partial charge in [-0.1, -0.05) is 49.7 Å². The first-order chi connectivity index (χ1) is 12.2. The Hall–Kier alpha value is -3.04. The lowest BCUT2D eigenvalue weighted by atomic mass is 10.1. The van der Waals surface area contributed by atoms with E-state index in [0.717, 1.165) is 37.1 Å². The molecular formula is C22H23N3. The van der Waals surface area contributed by atoms with E-state index in [1.165, 1.54) is 11.3 Å². The molecule has 0 bridgehead atoms. The van der Waals surface area contributed by atoms with E-state index in [4.69, 9.17) is 13.1 Å². The third-order valence-electron chi connectivity index (χ3n) is 4.13. The maximum Gasteiger partial charge on any atom is 0.519 e. The molecule has 0 saturated carbocycles. The van der Waals surface area contributed by atoms with Gasteiger partial charge in [-0.3, -0.25) is 0 Å². The van der Waals surface area contributed by atoms with Crippen molar-refractivity contribution < 1.29 is 0 Å². The molecule has 0 aliphatic carbocycles. The Morgan fingerprint density at radius 3 is 2.40 bits per heavy atom. The summed E-state index contributed by atoms with van der Waals surface area (Å²) in [4.78, 5) is 8.88. The van der Waals surface area contributed by atoms with Gasteiger partial charge in [0.1, 0.15) is 13.1 Å². The third kappa shape index (κ3) is 5.23. The molecule has 0 aromatic heterocycles. The summed E-state index contributed by atoms with van der Waals surface area (Å²) in [6.45, 7) is 20.2. The number of hydrogen-bond acceptors (Lipinski definition) is 1. The summed E-state index contributed by atoms with van der Waals surface area (Å²) in [6, 6.07) is 16.7. The maximum atomic E-state index is 7.03. The monoisotopic (exact) mass is 329 g/mol. The van der Waals surface area contributed by atoms with Crippen molar-refractivity contribution in [3.8, 4) is 0 Å². The van der Waals surface area contributed by atoms with Gasteiger partial charge in [-0.2, -0.15) is 9.69 Å². The van der Waals surface area contributed by atoms with Gasteiger partial charge in [0.2, 0.25) is 0 Å². The molecule has 25 heavy (non-hydrogen) atoms. The van der Waals surface area contributed by atoms with Crippen molar-refractivity contribution in [2.45, 2.75) is 33.2 Å². The van der Waals surface area contributed by atoms with Crippen molar-refractivity contribution in [3.05, 3.63) is 93.9 Å². The Kier molecular flexibility index (Phi) is 6.81. The summed E-state index contributed by atoms with van der Waals surface area (Å²) in [6.07, 6.45) is 3.96. The van der Waals surface area contributed by atoms with Gasteiger partial charge in [0.15, 0.2) is 0 Å². The molecule has 2 aromatic rings. The van der Waals surface area contributed by atoms with Crippen LogP contribution in [0.1, 0.15) is 36.5 Å². The van der Waals surface area contributed by atoms with Gasteiger partial charge in [0.05, 0.1) is 0 Å². The second-order valence-corrected chi connectivity index (χ2v) is 6.03. The highest BCUT2D eigenvalue weighted by atomic mass is 15.1. The predicted octanol–water partition coefficient (Wildman–Crippen LogP) is 5.94. The zero-order valence-electron chi connectivity index (χ0n) is 14.9. The van der Waals surface area contributed by atoms with Crippen LogP contribution in [0.15, 0.2) is 54.4 Å². The van der Waals surface area contributed by atoms with Crippen LogP contribution in [-0.2, 0) is 6.54 Å². The minimum Gasteiger partial charge on any atom is -0.367 e. The van der Waals surface area contributed by atoms with Gasteiger partial charge in [-0.05, 0) is 42.2 Å². The smallest absolute Gasteiger partial charge is 0.367 e. The second kappa shape index (κ2) is 9.30. The molecule has 0 aliphatic heterocycles. The normalized spacial score (nSPS) is 9.76. The average Bonchev–Trinajstić information content (AvgIpc) is 2.65. The molecule has 0 aliphatic rings. The van der Waals surface area contributed by atoms with Crippen molar-refractivity contribution in [1.29, 1.82) is 0 Å². The van der Waals surface area contributed by atoms with Crippen LogP contribution in [0.5, 0.6) is 0 Å². The first kappa shape index (κ1) is 18.3. The molecule has 0 N–H and O–H groups in total. The lowest BCUT2D eigenvalue weighted by molar-refractivity contribution is 0.716. The third-order valence-corrected chi connectivity index (χ3v) is 4.13. The van der Waals surface area contributed by atoms with E-state index in [2.05, 4.69) is 57.9 Å². The van der Waals surface area contributed by atoms with Gasteiger partial charge < -0.3 is 4.90 Å². The molecule has 0 atom stereocenters. The van der Waals surface area contributed by atoms with Crippen LogP contribution in [-0.4, -0.2) is 6.54 Å². The predicted molar refractivity (Wildman–Crippen MR) is 105 cm³/mol. The van der Waals surface area contributed by atoms with Crippen molar-refractivity contribution in [2.24, 2.45) is 0 Å². The van der Waals surface area contributed by atoms with Crippen LogP contribution in [0.2, 0.25) is 0 Å². The molecule has 0 spiro atoms. The average molecular weight is 329 g/mol. The molecular weight excluding hydrogens is 306 g/mol. The Morgan fingerprint density at radius 2 is 1.80 bits per heavy atom.